The molecule has 5 nitrogen and oxygen atoms in total. The van der Waals surface area contributed by atoms with Gasteiger partial charge < -0.3 is 0 Å². The first-order valence-corrected chi connectivity index (χ1v) is 11.7. The number of Topliss-reactive ketones (excluding diaryl/α,β-unsaturated/α-hetero) is 1. The highest BCUT2D eigenvalue weighted by molar-refractivity contribution is 7.99. The smallest absolute Gasteiger partial charge is 0.196 e. The van der Waals surface area contributed by atoms with E-state index in [1.807, 2.05) is 18.2 Å². The van der Waals surface area contributed by atoms with Gasteiger partial charge in [-0.15, -0.1) is 10.2 Å². The van der Waals surface area contributed by atoms with Crippen molar-refractivity contribution in [3.05, 3.63) is 71.0 Å². The summed E-state index contributed by atoms with van der Waals surface area (Å²) in [5.41, 5.74) is 1.67. The van der Waals surface area contributed by atoms with Crippen molar-refractivity contribution in [2.75, 3.05) is 18.8 Å². The molecule has 30 heavy (non-hydrogen) atoms. The van der Waals surface area contributed by atoms with Crippen LogP contribution in [0.3, 0.4) is 0 Å². The van der Waals surface area contributed by atoms with Gasteiger partial charge in [-0.05, 0) is 69.3 Å². The Bertz CT molecular complexity index is 984. The van der Waals surface area contributed by atoms with Crippen molar-refractivity contribution in [2.24, 2.45) is 0 Å². The summed E-state index contributed by atoms with van der Waals surface area (Å²) < 4.78 is 2.10. The molecule has 1 aliphatic heterocycles. The van der Waals surface area contributed by atoms with Gasteiger partial charge in [0.1, 0.15) is 0 Å². The fourth-order valence-electron chi connectivity index (χ4n) is 3.78. The van der Waals surface area contributed by atoms with Crippen molar-refractivity contribution < 1.29 is 4.79 Å². The van der Waals surface area contributed by atoms with Crippen LogP contribution in [0, 0.1) is 0 Å². The minimum absolute atomic E-state index is 0.0462. The summed E-state index contributed by atoms with van der Waals surface area (Å²) in [5, 5.41) is 10.4. The van der Waals surface area contributed by atoms with Gasteiger partial charge in [0.15, 0.2) is 16.8 Å². The van der Waals surface area contributed by atoms with E-state index in [1.54, 1.807) is 24.3 Å². The predicted octanol–water partition coefficient (Wildman–Crippen LogP) is 5.44. The second-order valence-electron chi connectivity index (χ2n) is 7.50. The van der Waals surface area contributed by atoms with Crippen molar-refractivity contribution in [1.82, 2.24) is 19.7 Å². The molecule has 0 saturated carbocycles. The molecule has 7 heteroatoms. The standard InChI is InChI=1S/C23H25ClN4OS/c1-17(27-14-6-3-7-15-27)22-25-26-23(28(22)20-8-4-2-5-9-20)30-16-21(29)18-10-12-19(24)13-11-18/h2,4-5,8-13,17H,3,6-7,14-16H2,1H3. The SMILES string of the molecule is CC(c1nnc(SCC(=O)c2ccc(Cl)cc2)n1-c1ccccc1)N1CCCCC1. The van der Waals surface area contributed by atoms with Gasteiger partial charge in [-0.25, -0.2) is 0 Å². The number of piperidine rings is 1. The first-order chi connectivity index (χ1) is 14.6. The lowest BCUT2D eigenvalue weighted by Gasteiger charge is -2.31. The van der Waals surface area contributed by atoms with Gasteiger partial charge in [-0.1, -0.05) is 48.0 Å². The number of nitrogens with zero attached hydrogens (tertiary/aromatic N) is 4. The number of hydrogen-bond acceptors (Lipinski definition) is 5. The van der Waals surface area contributed by atoms with Crippen LogP contribution in [-0.4, -0.2) is 44.3 Å². The number of hydrogen-bond donors (Lipinski definition) is 0. The summed E-state index contributed by atoms with van der Waals surface area (Å²) >= 11 is 7.35. The molecule has 0 amide bonds. The lowest BCUT2D eigenvalue weighted by atomic mass is 10.1. The van der Waals surface area contributed by atoms with Gasteiger partial charge in [0.25, 0.3) is 0 Å². The van der Waals surface area contributed by atoms with E-state index < -0.39 is 0 Å². The molecule has 1 atom stereocenters. The van der Waals surface area contributed by atoms with Gasteiger partial charge in [0.05, 0.1) is 11.8 Å². The number of aromatic nitrogens is 3. The van der Waals surface area contributed by atoms with Crippen LogP contribution in [0.25, 0.3) is 5.69 Å². The molecule has 0 bridgehead atoms. The van der Waals surface area contributed by atoms with Crippen molar-refractivity contribution >= 4 is 29.1 Å². The Labute approximate surface area is 186 Å². The number of carbonyl (C=O) groups excluding carboxylic acids is 1. The number of rotatable bonds is 7. The third-order valence-corrected chi connectivity index (χ3v) is 6.66. The number of ketones is 1. The van der Waals surface area contributed by atoms with Crippen molar-refractivity contribution in [2.45, 2.75) is 37.4 Å². The van der Waals surface area contributed by atoms with Crippen LogP contribution in [0.1, 0.15) is 48.4 Å². The maximum absolute atomic E-state index is 12.6. The molecule has 4 rings (SSSR count). The summed E-state index contributed by atoms with van der Waals surface area (Å²) in [4.78, 5) is 15.1. The zero-order valence-electron chi connectivity index (χ0n) is 17.0. The van der Waals surface area contributed by atoms with Crippen LogP contribution in [-0.2, 0) is 0 Å². The number of para-hydroxylation sites is 1. The van der Waals surface area contributed by atoms with Gasteiger partial charge in [-0.2, -0.15) is 0 Å². The van der Waals surface area contributed by atoms with Gasteiger partial charge in [0, 0.05) is 16.3 Å². The lowest BCUT2D eigenvalue weighted by Crippen LogP contribution is -2.33. The second kappa shape index (κ2) is 9.77. The number of carbonyl (C=O) groups is 1. The third-order valence-electron chi connectivity index (χ3n) is 5.48. The van der Waals surface area contributed by atoms with E-state index in [2.05, 4.69) is 38.7 Å². The molecule has 3 aromatic rings. The molecule has 2 heterocycles. The second-order valence-corrected chi connectivity index (χ2v) is 8.88. The minimum atomic E-state index is 0.0462. The normalized spacial score (nSPS) is 15.8. The predicted molar refractivity (Wildman–Crippen MR) is 122 cm³/mol. The Morgan fingerprint density at radius 1 is 1.03 bits per heavy atom. The highest BCUT2D eigenvalue weighted by Gasteiger charge is 2.25. The number of thioether (sulfide) groups is 1. The van der Waals surface area contributed by atoms with Crippen molar-refractivity contribution in [1.29, 1.82) is 0 Å². The molecule has 0 N–H and O–H groups in total. The first-order valence-electron chi connectivity index (χ1n) is 10.3. The quantitative estimate of drug-likeness (QED) is 0.361. The Kier molecular flexibility index (Phi) is 6.87. The molecule has 1 fully saturated rings. The molecule has 0 spiro atoms. The Balaban J connectivity index is 1.58. The topological polar surface area (TPSA) is 51.0 Å². The van der Waals surface area contributed by atoms with Crippen LogP contribution >= 0.6 is 23.4 Å². The number of benzene rings is 2. The monoisotopic (exact) mass is 440 g/mol. The average molecular weight is 441 g/mol. The zero-order chi connectivity index (χ0) is 20.9. The largest absolute Gasteiger partial charge is 0.294 e. The lowest BCUT2D eigenvalue weighted by molar-refractivity contribution is 0.102. The summed E-state index contributed by atoms with van der Waals surface area (Å²) in [6, 6.07) is 17.3. The van der Waals surface area contributed by atoms with Crippen LogP contribution < -0.4 is 0 Å². The van der Waals surface area contributed by atoms with Gasteiger partial charge in [-0.3, -0.25) is 14.3 Å². The maximum Gasteiger partial charge on any atom is 0.196 e. The molecule has 156 valence electrons. The third kappa shape index (κ3) is 4.77. The fourth-order valence-corrected chi connectivity index (χ4v) is 4.76. The van der Waals surface area contributed by atoms with Crippen LogP contribution in [0.5, 0.6) is 0 Å². The Morgan fingerprint density at radius 2 is 1.73 bits per heavy atom. The van der Waals surface area contributed by atoms with E-state index >= 15 is 0 Å². The zero-order valence-corrected chi connectivity index (χ0v) is 18.6. The molecule has 1 aromatic heterocycles. The molecule has 1 unspecified atom stereocenters. The molecular weight excluding hydrogens is 416 g/mol. The van der Waals surface area contributed by atoms with Crippen molar-refractivity contribution in [3.8, 4) is 5.69 Å². The van der Waals surface area contributed by atoms with Crippen molar-refractivity contribution in [3.63, 3.8) is 0 Å². The van der Waals surface area contributed by atoms with Gasteiger partial charge >= 0.3 is 0 Å². The molecule has 1 aliphatic rings. The fraction of sp³-hybridized carbons (Fsp3) is 0.348. The molecule has 2 aromatic carbocycles. The van der Waals surface area contributed by atoms with E-state index in [-0.39, 0.29) is 11.8 Å². The van der Waals surface area contributed by atoms with Crippen LogP contribution in [0.4, 0.5) is 0 Å². The Hall–Kier alpha value is -2.15. The number of halogens is 1. The van der Waals surface area contributed by atoms with Crippen LogP contribution in [0.2, 0.25) is 5.02 Å². The highest BCUT2D eigenvalue weighted by atomic mass is 35.5. The van der Waals surface area contributed by atoms with Crippen LogP contribution in [0.15, 0.2) is 59.8 Å². The summed E-state index contributed by atoms with van der Waals surface area (Å²) in [5.74, 6) is 1.26. The maximum atomic E-state index is 12.6. The van der Waals surface area contributed by atoms with E-state index in [1.165, 1.54) is 31.0 Å². The first kappa shape index (κ1) is 21.1. The van der Waals surface area contributed by atoms with E-state index in [4.69, 9.17) is 11.6 Å². The molecule has 0 aliphatic carbocycles. The molecular formula is C23H25ClN4OS. The summed E-state index contributed by atoms with van der Waals surface area (Å²) in [7, 11) is 0. The Morgan fingerprint density at radius 3 is 2.43 bits per heavy atom. The van der Waals surface area contributed by atoms with E-state index in [9.17, 15) is 4.79 Å². The number of likely N-dealkylation sites (tertiary alicyclic amines) is 1. The van der Waals surface area contributed by atoms with E-state index in [0.717, 1.165) is 29.8 Å². The summed E-state index contributed by atoms with van der Waals surface area (Å²) in [6.45, 7) is 4.36. The average Bonchev–Trinajstić information content (AvgIpc) is 3.22. The highest BCUT2D eigenvalue weighted by Crippen LogP contribution is 2.29. The molecule has 1 saturated heterocycles. The summed E-state index contributed by atoms with van der Waals surface area (Å²) in [6.07, 6.45) is 3.74. The molecule has 0 radical (unpaired) electrons. The minimum Gasteiger partial charge on any atom is -0.294 e. The van der Waals surface area contributed by atoms with Gasteiger partial charge in [0.2, 0.25) is 0 Å². The van der Waals surface area contributed by atoms with E-state index in [0.29, 0.717) is 16.3 Å².